The van der Waals surface area contributed by atoms with E-state index in [4.69, 9.17) is 27.7 Å². The van der Waals surface area contributed by atoms with Gasteiger partial charge in [0, 0.05) is 18.7 Å². The zero-order valence-corrected chi connectivity index (χ0v) is 12.4. The lowest BCUT2D eigenvalue weighted by molar-refractivity contribution is 0.0973. The number of anilines is 1. The van der Waals surface area contributed by atoms with Gasteiger partial charge in [0.2, 0.25) is 0 Å². The van der Waals surface area contributed by atoms with Gasteiger partial charge in [0.25, 0.3) is 0 Å². The molecule has 4 nitrogen and oxygen atoms in total. The Balaban J connectivity index is 1.64. The number of fused-ring (bicyclic) bond motifs is 4. The zero-order chi connectivity index (χ0) is 13.7. The van der Waals surface area contributed by atoms with Crippen LogP contribution in [0.15, 0.2) is 16.7 Å². The fraction of sp³-hybridized carbons (Fsp3) is 0.500. The molecule has 0 aliphatic carbocycles. The molecular formula is C14H15Cl2N3O. The maximum Gasteiger partial charge on any atom is 0.177 e. The molecule has 3 aliphatic rings. The van der Waals surface area contributed by atoms with E-state index in [1.54, 1.807) is 6.07 Å². The number of aromatic nitrogens is 1. The van der Waals surface area contributed by atoms with Crippen molar-refractivity contribution >= 4 is 40.0 Å². The van der Waals surface area contributed by atoms with Crippen molar-refractivity contribution in [1.29, 1.82) is 0 Å². The number of nitrogens with one attached hydrogen (secondary N) is 1. The standard InChI is InChI=1S/C14H15Cl2N3O/c15-10-5-9-13(6-11(10)16)20-18-14(9)17-12-7-19-3-1-8(12)2-4-19/h5-6,8,12H,1-4,7H2,(H,17,18)/t12-/m1/s1. The average Bonchev–Trinajstić information content (AvgIpc) is 2.83. The van der Waals surface area contributed by atoms with Gasteiger partial charge in [0.15, 0.2) is 11.4 Å². The summed E-state index contributed by atoms with van der Waals surface area (Å²) in [5, 5.41) is 9.58. The highest BCUT2D eigenvalue weighted by Crippen LogP contribution is 2.34. The van der Waals surface area contributed by atoms with Crippen molar-refractivity contribution in [3.05, 3.63) is 22.2 Å². The molecule has 2 bridgehead atoms. The number of piperidine rings is 3. The molecule has 5 rings (SSSR count). The van der Waals surface area contributed by atoms with E-state index in [1.807, 2.05) is 6.07 Å². The van der Waals surface area contributed by atoms with Crippen LogP contribution in [0.3, 0.4) is 0 Å². The van der Waals surface area contributed by atoms with Crippen molar-refractivity contribution in [2.45, 2.75) is 18.9 Å². The van der Waals surface area contributed by atoms with Gasteiger partial charge >= 0.3 is 0 Å². The summed E-state index contributed by atoms with van der Waals surface area (Å²) in [7, 11) is 0. The summed E-state index contributed by atoms with van der Waals surface area (Å²) in [6, 6.07) is 3.98. The van der Waals surface area contributed by atoms with Crippen LogP contribution in [0, 0.1) is 5.92 Å². The molecule has 3 saturated heterocycles. The van der Waals surface area contributed by atoms with Crippen LogP contribution in [0.2, 0.25) is 10.0 Å². The van der Waals surface area contributed by atoms with Gasteiger partial charge in [-0.2, -0.15) is 0 Å². The van der Waals surface area contributed by atoms with Gasteiger partial charge < -0.3 is 14.7 Å². The van der Waals surface area contributed by atoms with Gasteiger partial charge in [-0.25, -0.2) is 0 Å². The fourth-order valence-electron chi connectivity index (χ4n) is 3.34. The molecule has 0 unspecified atom stereocenters. The molecule has 6 heteroatoms. The summed E-state index contributed by atoms with van der Waals surface area (Å²) in [5.41, 5.74) is 0.670. The molecule has 3 fully saturated rings. The smallest absolute Gasteiger partial charge is 0.177 e. The van der Waals surface area contributed by atoms with E-state index in [2.05, 4.69) is 15.4 Å². The lowest BCUT2D eigenvalue weighted by atomic mass is 9.84. The zero-order valence-electron chi connectivity index (χ0n) is 10.9. The monoisotopic (exact) mass is 311 g/mol. The van der Waals surface area contributed by atoms with E-state index in [9.17, 15) is 0 Å². The van der Waals surface area contributed by atoms with Gasteiger partial charge in [-0.05, 0) is 37.9 Å². The number of hydrogen-bond acceptors (Lipinski definition) is 4. The summed E-state index contributed by atoms with van der Waals surface area (Å²) in [6.07, 6.45) is 2.53. The van der Waals surface area contributed by atoms with Crippen LogP contribution < -0.4 is 5.32 Å². The predicted molar refractivity (Wildman–Crippen MR) is 80.6 cm³/mol. The molecule has 0 radical (unpaired) electrons. The highest BCUT2D eigenvalue weighted by atomic mass is 35.5. The topological polar surface area (TPSA) is 41.3 Å². The summed E-state index contributed by atoms with van der Waals surface area (Å²) < 4.78 is 5.34. The Morgan fingerprint density at radius 2 is 1.95 bits per heavy atom. The minimum absolute atomic E-state index is 0.445. The molecular weight excluding hydrogens is 297 g/mol. The normalized spacial score (nSPS) is 29.0. The Morgan fingerprint density at radius 3 is 2.65 bits per heavy atom. The fourth-order valence-corrected chi connectivity index (χ4v) is 3.66. The first-order valence-electron chi connectivity index (χ1n) is 6.94. The first-order valence-corrected chi connectivity index (χ1v) is 7.69. The lowest BCUT2D eigenvalue weighted by Gasteiger charge is -2.44. The van der Waals surface area contributed by atoms with E-state index in [1.165, 1.54) is 25.9 Å². The Labute approximate surface area is 127 Å². The van der Waals surface area contributed by atoms with Gasteiger partial charge in [0.05, 0.1) is 15.4 Å². The van der Waals surface area contributed by atoms with Gasteiger partial charge in [0.1, 0.15) is 0 Å². The quantitative estimate of drug-likeness (QED) is 0.919. The molecule has 0 saturated carbocycles. The third-order valence-electron chi connectivity index (χ3n) is 4.49. The SMILES string of the molecule is Clc1cc2onc(N[C@@H]3CN4CCC3CC4)c2cc1Cl. The molecule has 3 aliphatic heterocycles. The molecule has 1 N–H and O–H groups in total. The summed E-state index contributed by atoms with van der Waals surface area (Å²) >= 11 is 12.1. The van der Waals surface area contributed by atoms with Crippen LogP contribution in [0.4, 0.5) is 5.82 Å². The molecule has 1 aromatic heterocycles. The average molecular weight is 312 g/mol. The maximum absolute atomic E-state index is 6.08. The van der Waals surface area contributed by atoms with Crippen molar-refractivity contribution in [2.24, 2.45) is 5.92 Å². The molecule has 106 valence electrons. The van der Waals surface area contributed by atoms with Crippen molar-refractivity contribution in [2.75, 3.05) is 25.0 Å². The largest absolute Gasteiger partial charge is 0.362 e. The van der Waals surface area contributed by atoms with Crippen molar-refractivity contribution in [3.8, 4) is 0 Å². The Bertz CT molecular complexity index is 649. The van der Waals surface area contributed by atoms with E-state index in [0.29, 0.717) is 21.7 Å². The van der Waals surface area contributed by atoms with Crippen LogP contribution in [-0.2, 0) is 0 Å². The minimum atomic E-state index is 0.445. The second kappa shape index (κ2) is 4.79. The van der Waals surface area contributed by atoms with E-state index < -0.39 is 0 Å². The molecule has 1 atom stereocenters. The third kappa shape index (κ3) is 2.07. The Morgan fingerprint density at radius 1 is 1.20 bits per heavy atom. The highest BCUT2D eigenvalue weighted by Gasteiger charge is 2.34. The van der Waals surface area contributed by atoms with Gasteiger partial charge in [-0.3, -0.25) is 0 Å². The van der Waals surface area contributed by atoms with Crippen LogP contribution in [0.25, 0.3) is 11.0 Å². The molecule has 1 aromatic carbocycles. The predicted octanol–water partition coefficient (Wildman–Crippen LogP) is 3.64. The second-order valence-electron chi connectivity index (χ2n) is 5.68. The van der Waals surface area contributed by atoms with E-state index >= 15 is 0 Å². The maximum atomic E-state index is 6.08. The van der Waals surface area contributed by atoms with Crippen LogP contribution in [-0.4, -0.2) is 35.7 Å². The second-order valence-corrected chi connectivity index (χ2v) is 6.50. The van der Waals surface area contributed by atoms with Crippen molar-refractivity contribution in [3.63, 3.8) is 0 Å². The van der Waals surface area contributed by atoms with Crippen molar-refractivity contribution < 1.29 is 4.52 Å². The van der Waals surface area contributed by atoms with E-state index in [0.717, 1.165) is 23.7 Å². The number of hydrogen-bond donors (Lipinski definition) is 1. The highest BCUT2D eigenvalue weighted by molar-refractivity contribution is 6.42. The summed E-state index contributed by atoms with van der Waals surface area (Å²) in [6.45, 7) is 3.54. The first-order chi connectivity index (χ1) is 9.70. The molecule has 0 spiro atoms. The van der Waals surface area contributed by atoms with Gasteiger partial charge in [-0.1, -0.05) is 28.4 Å². The number of rotatable bonds is 2. The Kier molecular flexibility index (Phi) is 3.05. The molecule has 4 heterocycles. The third-order valence-corrected chi connectivity index (χ3v) is 5.21. The number of benzene rings is 1. The Hall–Kier alpha value is -0.970. The molecule has 0 amide bonds. The first kappa shape index (κ1) is 12.7. The van der Waals surface area contributed by atoms with Crippen LogP contribution in [0.5, 0.6) is 0 Å². The molecule has 2 aromatic rings. The number of halogens is 2. The van der Waals surface area contributed by atoms with Crippen LogP contribution in [0.1, 0.15) is 12.8 Å². The van der Waals surface area contributed by atoms with Crippen LogP contribution >= 0.6 is 23.2 Å². The molecule has 20 heavy (non-hydrogen) atoms. The summed E-state index contributed by atoms with van der Waals surface area (Å²) in [4.78, 5) is 2.50. The van der Waals surface area contributed by atoms with Crippen molar-refractivity contribution in [1.82, 2.24) is 10.1 Å². The summed E-state index contributed by atoms with van der Waals surface area (Å²) in [5.74, 6) is 1.51. The van der Waals surface area contributed by atoms with E-state index in [-0.39, 0.29) is 0 Å². The van der Waals surface area contributed by atoms with Gasteiger partial charge in [-0.15, -0.1) is 0 Å². The lowest BCUT2D eigenvalue weighted by Crippen LogP contribution is -2.53. The minimum Gasteiger partial charge on any atom is -0.362 e. The number of nitrogens with zero attached hydrogens (tertiary/aromatic N) is 2.